The largest absolute Gasteiger partial charge is 0.497 e. The van der Waals surface area contributed by atoms with Crippen LogP contribution in [0.2, 0.25) is 0 Å². The van der Waals surface area contributed by atoms with Crippen molar-refractivity contribution in [2.45, 2.75) is 25.4 Å². The van der Waals surface area contributed by atoms with Crippen LogP contribution in [0.4, 0.5) is 0 Å². The first-order chi connectivity index (χ1) is 14.5. The third-order valence-electron chi connectivity index (χ3n) is 5.55. The number of rotatable bonds is 8. The molecule has 1 heterocycles. The van der Waals surface area contributed by atoms with Crippen LogP contribution < -0.4 is 19.7 Å². The summed E-state index contributed by atoms with van der Waals surface area (Å²) in [5, 5.41) is 2.98. The molecule has 2 aromatic rings. The standard InChI is InChI=1S/C23H28N2O5/c1-28-18-10-11-19(21(13-18)29-2)20-5-4-12-25(20)15-22(26)24-14-16-6-8-17(9-7-16)23(27)30-3/h6-11,13,20H,4-5,12,14-15H2,1-3H3,(H,24,26)/p+1/t20-/m0/s1. The highest BCUT2D eigenvalue weighted by molar-refractivity contribution is 5.89. The van der Waals surface area contributed by atoms with Crippen LogP contribution in [0.15, 0.2) is 42.5 Å². The molecule has 1 saturated heterocycles. The van der Waals surface area contributed by atoms with Crippen LogP contribution in [-0.2, 0) is 16.1 Å². The summed E-state index contributed by atoms with van der Waals surface area (Å²) in [6, 6.07) is 13.1. The van der Waals surface area contributed by atoms with Gasteiger partial charge in [-0.3, -0.25) is 4.79 Å². The number of hydrogen-bond acceptors (Lipinski definition) is 5. The summed E-state index contributed by atoms with van der Waals surface area (Å²) in [4.78, 5) is 25.3. The number of carbonyl (C=O) groups is 2. The van der Waals surface area contributed by atoms with Crippen molar-refractivity contribution in [3.63, 3.8) is 0 Å². The number of carbonyl (C=O) groups excluding carboxylic acids is 2. The van der Waals surface area contributed by atoms with Crippen molar-refractivity contribution in [3.05, 3.63) is 59.2 Å². The van der Waals surface area contributed by atoms with Crippen LogP contribution in [0, 0.1) is 0 Å². The zero-order chi connectivity index (χ0) is 21.5. The van der Waals surface area contributed by atoms with Gasteiger partial charge in [-0.15, -0.1) is 0 Å². The molecule has 0 aromatic heterocycles. The van der Waals surface area contributed by atoms with Gasteiger partial charge in [-0.2, -0.15) is 0 Å². The predicted molar refractivity (Wildman–Crippen MR) is 112 cm³/mol. The van der Waals surface area contributed by atoms with Gasteiger partial charge < -0.3 is 24.4 Å². The summed E-state index contributed by atoms with van der Waals surface area (Å²) < 4.78 is 15.6. The van der Waals surface area contributed by atoms with Gasteiger partial charge in [0.15, 0.2) is 6.54 Å². The predicted octanol–water partition coefficient (Wildman–Crippen LogP) is 1.53. The van der Waals surface area contributed by atoms with Crippen LogP contribution in [0.5, 0.6) is 11.5 Å². The Labute approximate surface area is 176 Å². The fraction of sp³-hybridized carbons (Fsp3) is 0.391. The van der Waals surface area contributed by atoms with E-state index >= 15 is 0 Å². The average Bonchev–Trinajstić information content (AvgIpc) is 3.24. The molecule has 2 N–H and O–H groups in total. The minimum Gasteiger partial charge on any atom is -0.497 e. The second kappa shape index (κ2) is 10.1. The Balaban J connectivity index is 1.59. The smallest absolute Gasteiger partial charge is 0.337 e. The molecule has 0 radical (unpaired) electrons. The Bertz CT molecular complexity index is 882. The summed E-state index contributed by atoms with van der Waals surface area (Å²) in [6.07, 6.45) is 2.08. The van der Waals surface area contributed by atoms with E-state index in [-0.39, 0.29) is 17.9 Å². The molecule has 1 fully saturated rings. The van der Waals surface area contributed by atoms with Crippen LogP contribution in [0.1, 0.15) is 40.4 Å². The Hall–Kier alpha value is -3.06. The van der Waals surface area contributed by atoms with Gasteiger partial charge >= 0.3 is 5.97 Å². The second-order valence-corrected chi connectivity index (χ2v) is 7.35. The number of methoxy groups -OCH3 is 3. The molecular formula is C23H29N2O5+. The maximum absolute atomic E-state index is 12.6. The fourth-order valence-corrected chi connectivity index (χ4v) is 3.95. The van der Waals surface area contributed by atoms with Gasteiger partial charge in [-0.25, -0.2) is 4.79 Å². The third-order valence-corrected chi connectivity index (χ3v) is 5.55. The molecule has 1 amide bonds. The lowest BCUT2D eigenvalue weighted by molar-refractivity contribution is -0.910. The van der Waals surface area contributed by atoms with Gasteiger partial charge in [-0.05, 0) is 29.8 Å². The van der Waals surface area contributed by atoms with E-state index in [0.717, 1.165) is 42.0 Å². The molecule has 1 aliphatic heterocycles. The van der Waals surface area contributed by atoms with Gasteiger partial charge in [0.25, 0.3) is 5.91 Å². The molecular weight excluding hydrogens is 384 g/mol. The first kappa shape index (κ1) is 21.6. The summed E-state index contributed by atoms with van der Waals surface area (Å²) in [5.41, 5.74) is 2.53. The highest BCUT2D eigenvalue weighted by Crippen LogP contribution is 2.31. The molecule has 1 unspecified atom stereocenters. The maximum atomic E-state index is 12.6. The number of likely N-dealkylation sites (tertiary alicyclic amines) is 1. The van der Waals surface area contributed by atoms with Gasteiger partial charge in [0.2, 0.25) is 0 Å². The van der Waals surface area contributed by atoms with Crippen molar-refractivity contribution in [2.24, 2.45) is 0 Å². The summed E-state index contributed by atoms with van der Waals surface area (Å²) in [7, 11) is 4.64. The summed E-state index contributed by atoms with van der Waals surface area (Å²) in [6.45, 7) is 1.77. The Morgan fingerprint density at radius 2 is 1.83 bits per heavy atom. The molecule has 2 aromatic carbocycles. The number of amides is 1. The first-order valence-corrected chi connectivity index (χ1v) is 10.1. The third kappa shape index (κ3) is 5.10. The zero-order valence-electron chi connectivity index (χ0n) is 17.7. The molecule has 30 heavy (non-hydrogen) atoms. The molecule has 7 nitrogen and oxygen atoms in total. The normalized spacial score (nSPS) is 18.0. The van der Waals surface area contributed by atoms with Crippen LogP contribution in [0.25, 0.3) is 0 Å². The lowest BCUT2D eigenvalue weighted by atomic mass is 10.0. The van der Waals surface area contributed by atoms with Crippen LogP contribution >= 0.6 is 0 Å². The zero-order valence-corrected chi connectivity index (χ0v) is 17.7. The quantitative estimate of drug-likeness (QED) is 0.642. The van der Waals surface area contributed by atoms with E-state index in [1.54, 1.807) is 26.4 Å². The molecule has 0 saturated carbocycles. The van der Waals surface area contributed by atoms with Crippen molar-refractivity contribution in [1.82, 2.24) is 5.32 Å². The van der Waals surface area contributed by atoms with Crippen molar-refractivity contribution >= 4 is 11.9 Å². The molecule has 0 aliphatic carbocycles. The van der Waals surface area contributed by atoms with Gasteiger partial charge in [0, 0.05) is 25.5 Å². The fourth-order valence-electron chi connectivity index (χ4n) is 3.95. The molecule has 0 bridgehead atoms. The number of ether oxygens (including phenoxy) is 3. The Morgan fingerprint density at radius 3 is 2.50 bits per heavy atom. The lowest BCUT2D eigenvalue weighted by Gasteiger charge is -2.23. The van der Waals surface area contributed by atoms with E-state index in [1.165, 1.54) is 12.0 Å². The summed E-state index contributed by atoms with van der Waals surface area (Å²) >= 11 is 0. The Kier molecular flexibility index (Phi) is 7.30. The number of nitrogens with one attached hydrogen (secondary N) is 2. The topological polar surface area (TPSA) is 78.3 Å². The second-order valence-electron chi connectivity index (χ2n) is 7.35. The van der Waals surface area contributed by atoms with Gasteiger partial charge in [-0.1, -0.05) is 12.1 Å². The number of esters is 1. The van der Waals surface area contributed by atoms with E-state index < -0.39 is 0 Å². The van der Waals surface area contributed by atoms with Gasteiger partial charge in [0.05, 0.1) is 39.0 Å². The average molecular weight is 413 g/mol. The van der Waals surface area contributed by atoms with Crippen LogP contribution in [0.3, 0.4) is 0 Å². The van der Waals surface area contributed by atoms with Crippen LogP contribution in [-0.4, -0.2) is 46.3 Å². The number of benzene rings is 2. The minimum atomic E-state index is -0.372. The van der Waals surface area contributed by atoms with Gasteiger partial charge in [0.1, 0.15) is 17.5 Å². The molecule has 3 rings (SSSR count). The summed E-state index contributed by atoms with van der Waals surface area (Å²) in [5.74, 6) is 1.18. The molecule has 160 valence electrons. The monoisotopic (exact) mass is 413 g/mol. The molecule has 2 atom stereocenters. The molecule has 0 spiro atoms. The van der Waals surface area contributed by atoms with Crippen molar-refractivity contribution < 1.29 is 28.7 Å². The highest BCUT2D eigenvalue weighted by Gasteiger charge is 2.33. The van der Waals surface area contributed by atoms with Crippen molar-refractivity contribution in [2.75, 3.05) is 34.4 Å². The number of hydrogen-bond donors (Lipinski definition) is 2. The molecule has 1 aliphatic rings. The van der Waals surface area contributed by atoms with E-state index in [9.17, 15) is 9.59 Å². The van der Waals surface area contributed by atoms with E-state index in [2.05, 4.69) is 5.32 Å². The minimum absolute atomic E-state index is 0.00132. The number of quaternary nitrogens is 1. The molecule has 7 heteroatoms. The van der Waals surface area contributed by atoms with Crippen molar-refractivity contribution in [3.8, 4) is 11.5 Å². The Morgan fingerprint density at radius 1 is 1.07 bits per heavy atom. The highest BCUT2D eigenvalue weighted by atomic mass is 16.5. The van der Waals surface area contributed by atoms with E-state index in [1.807, 2.05) is 30.3 Å². The lowest BCUT2D eigenvalue weighted by Crippen LogP contribution is -3.11. The van der Waals surface area contributed by atoms with E-state index in [0.29, 0.717) is 18.7 Å². The van der Waals surface area contributed by atoms with E-state index in [4.69, 9.17) is 14.2 Å². The van der Waals surface area contributed by atoms with Crippen molar-refractivity contribution in [1.29, 1.82) is 0 Å². The SMILES string of the molecule is COC(=O)c1ccc(CNC(=O)C[NH+]2CCC[C@H]2c2ccc(OC)cc2OC)cc1. The maximum Gasteiger partial charge on any atom is 0.337 e. The first-order valence-electron chi connectivity index (χ1n) is 10.1.